The Morgan fingerprint density at radius 1 is 1.42 bits per heavy atom. The molecule has 0 saturated carbocycles. The molecule has 19 heavy (non-hydrogen) atoms. The molecule has 0 aliphatic rings. The Bertz CT molecular complexity index is 583. The van der Waals surface area contributed by atoms with Crippen molar-refractivity contribution in [3.8, 4) is 0 Å². The number of ether oxygens (including phenoxy) is 1. The van der Waals surface area contributed by atoms with Crippen LogP contribution in [0.15, 0.2) is 23.8 Å². The number of hydrogen-bond acceptors (Lipinski definition) is 7. The fraction of sp³-hybridized carbons (Fsp3) is 0.250. The molecule has 0 unspecified atom stereocenters. The first kappa shape index (κ1) is 13.3. The number of methoxy groups -OCH3 is 1. The zero-order valence-corrected chi connectivity index (χ0v) is 11.7. The van der Waals surface area contributed by atoms with Gasteiger partial charge in [-0.25, -0.2) is 14.8 Å². The Morgan fingerprint density at radius 2 is 2.21 bits per heavy atom. The number of nitrogens with zero attached hydrogens (tertiary/aromatic N) is 3. The van der Waals surface area contributed by atoms with Crippen molar-refractivity contribution in [2.45, 2.75) is 0 Å². The first-order valence-corrected chi connectivity index (χ1v) is 6.42. The smallest absolute Gasteiger partial charge is 0.340 e. The standard InChI is InChI=1S/C12H14N4O2S/c1-16(2)10-6-9(13-7-14-10)15-11-8(4-5-19-11)12(17)18-3/h4-7H,1-3H3,(H,13,14,15). The van der Waals surface area contributed by atoms with Gasteiger partial charge in [-0.15, -0.1) is 11.3 Å². The lowest BCUT2D eigenvalue weighted by Gasteiger charge is -2.12. The van der Waals surface area contributed by atoms with Gasteiger partial charge in [-0.3, -0.25) is 0 Å². The number of nitrogens with one attached hydrogen (secondary N) is 1. The van der Waals surface area contributed by atoms with Crippen LogP contribution in [0.1, 0.15) is 10.4 Å². The number of rotatable bonds is 4. The molecule has 0 amide bonds. The van der Waals surface area contributed by atoms with Crippen LogP contribution in [0.2, 0.25) is 0 Å². The first-order valence-electron chi connectivity index (χ1n) is 5.54. The summed E-state index contributed by atoms with van der Waals surface area (Å²) in [6.07, 6.45) is 1.48. The molecule has 0 saturated heterocycles. The van der Waals surface area contributed by atoms with Gasteiger partial charge < -0.3 is 15.0 Å². The summed E-state index contributed by atoms with van der Waals surface area (Å²) in [5, 5.41) is 5.63. The lowest BCUT2D eigenvalue weighted by molar-refractivity contribution is 0.0602. The molecule has 7 heteroatoms. The molecular formula is C12H14N4O2S. The lowest BCUT2D eigenvalue weighted by atomic mass is 10.3. The summed E-state index contributed by atoms with van der Waals surface area (Å²) >= 11 is 1.42. The molecule has 0 radical (unpaired) electrons. The van der Waals surface area contributed by atoms with Gasteiger partial charge in [0, 0.05) is 20.2 Å². The average Bonchev–Trinajstić information content (AvgIpc) is 2.86. The molecule has 2 rings (SSSR count). The van der Waals surface area contributed by atoms with Gasteiger partial charge in [-0.2, -0.15) is 0 Å². The molecule has 0 aliphatic heterocycles. The average molecular weight is 278 g/mol. The van der Waals surface area contributed by atoms with E-state index in [2.05, 4.69) is 15.3 Å². The van der Waals surface area contributed by atoms with Crippen molar-refractivity contribution in [2.24, 2.45) is 0 Å². The molecule has 2 aromatic rings. The Labute approximate surface area is 115 Å². The highest BCUT2D eigenvalue weighted by atomic mass is 32.1. The van der Waals surface area contributed by atoms with E-state index in [-0.39, 0.29) is 5.97 Å². The van der Waals surface area contributed by atoms with Crippen LogP contribution in [-0.4, -0.2) is 37.1 Å². The van der Waals surface area contributed by atoms with E-state index >= 15 is 0 Å². The van der Waals surface area contributed by atoms with Gasteiger partial charge in [0.15, 0.2) is 0 Å². The van der Waals surface area contributed by atoms with Crippen LogP contribution in [0, 0.1) is 0 Å². The fourth-order valence-electron chi connectivity index (χ4n) is 1.45. The van der Waals surface area contributed by atoms with Crippen LogP contribution in [0.3, 0.4) is 0 Å². The second-order valence-corrected chi connectivity index (χ2v) is 4.85. The van der Waals surface area contributed by atoms with Crippen LogP contribution >= 0.6 is 11.3 Å². The first-order chi connectivity index (χ1) is 9.11. The monoisotopic (exact) mass is 278 g/mol. The summed E-state index contributed by atoms with van der Waals surface area (Å²) in [7, 11) is 5.16. The summed E-state index contributed by atoms with van der Waals surface area (Å²) in [6, 6.07) is 3.52. The quantitative estimate of drug-likeness (QED) is 0.864. The second kappa shape index (κ2) is 5.66. The molecule has 0 bridgehead atoms. The molecule has 0 aliphatic carbocycles. The second-order valence-electron chi connectivity index (χ2n) is 3.94. The predicted octanol–water partition coefficient (Wildman–Crippen LogP) is 2.13. The van der Waals surface area contributed by atoms with Gasteiger partial charge in [-0.1, -0.05) is 0 Å². The minimum atomic E-state index is -0.370. The van der Waals surface area contributed by atoms with E-state index in [0.717, 1.165) is 5.82 Å². The summed E-state index contributed by atoms with van der Waals surface area (Å²) in [5.41, 5.74) is 0.498. The number of hydrogen-bond donors (Lipinski definition) is 1. The SMILES string of the molecule is COC(=O)c1ccsc1Nc1cc(N(C)C)ncn1. The van der Waals surface area contributed by atoms with Crippen molar-refractivity contribution < 1.29 is 9.53 Å². The molecular weight excluding hydrogens is 264 g/mol. The van der Waals surface area contributed by atoms with E-state index in [0.29, 0.717) is 16.4 Å². The highest BCUT2D eigenvalue weighted by Gasteiger charge is 2.13. The highest BCUT2D eigenvalue weighted by Crippen LogP contribution is 2.27. The maximum atomic E-state index is 11.6. The molecule has 2 heterocycles. The zero-order chi connectivity index (χ0) is 13.8. The van der Waals surface area contributed by atoms with E-state index in [4.69, 9.17) is 4.74 Å². The summed E-state index contributed by atoms with van der Waals surface area (Å²) in [5.74, 6) is 1.05. The van der Waals surface area contributed by atoms with Gasteiger partial charge in [-0.05, 0) is 11.4 Å². The van der Waals surface area contributed by atoms with Crippen LogP contribution in [0.5, 0.6) is 0 Å². The molecule has 0 aromatic carbocycles. The molecule has 2 aromatic heterocycles. The van der Waals surface area contributed by atoms with Crippen molar-refractivity contribution in [2.75, 3.05) is 31.4 Å². The van der Waals surface area contributed by atoms with Gasteiger partial charge in [0.05, 0.1) is 12.7 Å². The van der Waals surface area contributed by atoms with Crippen molar-refractivity contribution in [3.05, 3.63) is 29.4 Å². The normalized spacial score (nSPS) is 10.1. The topological polar surface area (TPSA) is 67.3 Å². The highest BCUT2D eigenvalue weighted by molar-refractivity contribution is 7.14. The molecule has 0 spiro atoms. The van der Waals surface area contributed by atoms with E-state index in [1.807, 2.05) is 24.4 Å². The predicted molar refractivity (Wildman–Crippen MR) is 75.3 cm³/mol. The lowest BCUT2D eigenvalue weighted by Crippen LogP contribution is -2.11. The Hall–Kier alpha value is -2.15. The van der Waals surface area contributed by atoms with Crippen molar-refractivity contribution in [1.82, 2.24) is 9.97 Å². The van der Waals surface area contributed by atoms with Crippen molar-refractivity contribution >= 4 is 33.9 Å². The van der Waals surface area contributed by atoms with E-state index in [1.54, 1.807) is 12.1 Å². The number of carbonyl (C=O) groups is 1. The minimum Gasteiger partial charge on any atom is -0.465 e. The summed E-state index contributed by atoms with van der Waals surface area (Å²) in [6.45, 7) is 0. The minimum absolute atomic E-state index is 0.370. The van der Waals surface area contributed by atoms with Crippen LogP contribution in [0.4, 0.5) is 16.6 Å². The molecule has 0 atom stereocenters. The van der Waals surface area contributed by atoms with E-state index < -0.39 is 0 Å². The zero-order valence-electron chi connectivity index (χ0n) is 10.9. The maximum absolute atomic E-state index is 11.6. The summed E-state index contributed by atoms with van der Waals surface area (Å²) in [4.78, 5) is 21.7. The largest absolute Gasteiger partial charge is 0.465 e. The molecule has 100 valence electrons. The third-order valence-corrected chi connectivity index (χ3v) is 3.25. The van der Waals surface area contributed by atoms with Gasteiger partial charge in [0.1, 0.15) is 23.0 Å². The third-order valence-electron chi connectivity index (χ3n) is 2.42. The van der Waals surface area contributed by atoms with Crippen LogP contribution in [-0.2, 0) is 4.74 Å². The summed E-state index contributed by atoms with van der Waals surface area (Å²) < 4.78 is 4.72. The number of anilines is 3. The molecule has 1 N–H and O–H groups in total. The van der Waals surface area contributed by atoms with Gasteiger partial charge in [0.2, 0.25) is 0 Å². The third kappa shape index (κ3) is 3.00. The van der Waals surface area contributed by atoms with E-state index in [1.165, 1.54) is 24.8 Å². The Balaban J connectivity index is 2.24. The van der Waals surface area contributed by atoms with Crippen LogP contribution < -0.4 is 10.2 Å². The Kier molecular flexibility index (Phi) is 3.96. The van der Waals surface area contributed by atoms with Gasteiger partial charge >= 0.3 is 5.97 Å². The maximum Gasteiger partial charge on any atom is 0.340 e. The fourth-order valence-corrected chi connectivity index (χ4v) is 2.24. The van der Waals surface area contributed by atoms with Crippen LogP contribution in [0.25, 0.3) is 0 Å². The number of thiophene rings is 1. The van der Waals surface area contributed by atoms with Crippen molar-refractivity contribution in [3.63, 3.8) is 0 Å². The van der Waals surface area contributed by atoms with E-state index in [9.17, 15) is 4.79 Å². The molecule has 0 fully saturated rings. The van der Waals surface area contributed by atoms with Crippen molar-refractivity contribution in [1.29, 1.82) is 0 Å². The number of aromatic nitrogens is 2. The number of esters is 1. The van der Waals surface area contributed by atoms with Gasteiger partial charge in [0.25, 0.3) is 0 Å². The number of carbonyl (C=O) groups excluding carboxylic acids is 1. The molecule has 6 nitrogen and oxygen atoms in total. The Morgan fingerprint density at radius 3 is 2.89 bits per heavy atom.